The number of alkyl halides is 1. The number of hydrogen-bond donors (Lipinski definition) is 0. The average Bonchev–Trinajstić information content (AvgIpc) is 3.10. The van der Waals surface area contributed by atoms with Crippen molar-refractivity contribution in [2.75, 3.05) is 7.11 Å². The van der Waals surface area contributed by atoms with Gasteiger partial charge in [-0.05, 0) is 90.8 Å². The van der Waals surface area contributed by atoms with Crippen LogP contribution in [0, 0.1) is 58.2 Å². The van der Waals surface area contributed by atoms with Gasteiger partial charge in [0, 0.05) is 12.3 Å². The molecule has 4 fully saturated rings. The molecule has 4 heteroatoms. The number of ether oxygens (including phenoxy) is 1. The van der Waals surface area contributed by atoms with Crippen molar-refractivity contribution in [2.45, 2.75) is 90.8 Å². The first kappa shape index (κ1) is 23.8. The molecule has 3 nitrogen and oxygen atoms in total. The third-order valence-electron chi connectivity index (χ3n) is 11.1. The fraction of sp³-hybridized carbons (Fsp3) is 0.926. The maximum atomic E-state index is 13.9. The molecule has 0 saturated heterocycles. The van der Waals surface area contributed by atoms with Crippen LogP contribution in [0.15, 0.2) is 0 Å². The van der Waals surface area contributed by atoms with E-state index in [1.54, 1.807) is 0 Å². The molecular weight excluding hydrogens is 452 g/mol. The van der Waals surface area contributed by atoms with E-state index in [0.717, 1.165) is 12.3 Å². The highest BCUT2D eigenvalue weighted by Crippen LogP contribution is 2.70. The maximum Gasteiger partial charge on any atom is 0.305 e. The molecule has 0 aliphatic heterocycles. The minimum atomic E-state index is -0.0987. The maximum absolute atomic E-state index is 13.9. The van der Waals surface area contributed by atoms with E-state index in [-0.39, 0.29) is 22.1 Å². The molecule has 0 aromatic heterocycles. The van der Waals surface area contributed by atoms with Gasteiger partial charge in [-0.1, -0.05) is 57.0 Å². The van der Waals surface area contributed by atoms with E-state index < -0.39 is 0 Å². The fourth-order valence-corrected chi connectivity index (χ4v) is 10.2. The SMILES string of the molecule is COC(=O)CC[C@@H](C)[C@H]1CC[C@H]2[C@@H]3C(=O)[C@H](Br)[C@@H]4C[C@H](C)CC[C@]4(C)[C@H]3C[C@H](C)[C@]12C. The molecule has 4 aliphatic carbocycles. The van der Waals surface area contributed by atoms with Crippen molar-refractivity contribution in [3.05, 3.63) is 0 Å². The van der Waals surface area contributed by atoms with Crippen molar-refractivity contribution in [1.29, 1.82) is 0 Å². The quantitative estimate of drug-likeness (QED) is 0.323. The summed E-state index contributed by atoms with van der Waals surface area (Å²) >= 11 is 3.94. The molecule has 0 aromatic rings. The van der Waals surface area contributed by atoms with Crippen LogP contribution in [0.5, 0.6) is 0 Å². The van der Waals surface area contributed by atoms with Crippen LogP contribution in [0.25, 0.3) is 0 Å². The van der Waals surface area contributed by atoms with Gasteiger partial charge in [0.2, 0.25) is 0 Å². The molecule has 11 atom stereocenters. The molecule has 0 amide bonds. The van der Waals surface area contributed by atoms with Gasteiger partial charge in [0.1, 0.15) is 5.78 Å². The number of hydrogen-bond acceptors (Lipinski definition) is 3. The molecule has 0 bridgehead atoms. The largest absolute Gasteiger partial charge is 0.469 e. The van der Waals surface area contributed by atoms with Crippen molar-refractivity contribution >= 4 is 27.7 Å². The molecule has 4 aliphatic rings. The number of Topliss-reactive ketones (excluding diaryl/α,β-unsaturated/α-hetero) is 1. The lowest BCUT2D eigenvalue weighted by Gasteiger charge is -2.63. The summed E-state index contributed by atoms with van der Waals surface area (Å²) in [6, 6.07) is 0. The first-order valence-corrected chi connectivity index (χ1v) is 13.7. The summed E-state index contributed by atoms with van der Waals surface area (Å²) in [6.45, 7) is 12.2. The predicted octanol–water partition coefficient (Wildman–Crippen LogP) is 6.67. The molecule has 0 unspecified atom stereocenters. The monoisotopic (exact) mass is 494 g/mol. The van der Waals surface area contributed by atoms with E-state index in [9.17, 15) is 9.59 Å². The first-order chi connectivity index (χ1) is 14.6. The summed E-state index contributed by atoms with van der Waals surface area (Å²) in [5, 5.41) is 0. The Kier molecular flexibility index (Phi) is 6.47. The normalized spacial score (nSPS) is 50.2. The highest BCUT2D eigenvalue weighted by Gasteiger charge is 2.66. The Labute approximate surface area is 198 Å². The minimum Gasteiger partial charge on any atom is -0.469 e. The van der Waals surface area contributed by atoms with Gasteiger partial charge in [0.25, 0.3) is 0 Å². The predicted molar refractivity (Wildman–Crippen MR) is 128 cm³/mol. The number of halogens is 1. The highest BCUT2D eigenvalue weighted by molar-refractivity contribution is 9.10. The molecular formula is C27H43BrO3. The van der Waals surface area contributed by atoms with E-state index in [0.29, 0.717) is 53.1 Å². The summed E-state index contributed by atoms with van der Waals surface area (Å²) in [5.41, 5.74) is 0.494. The number of rotatable bonds is 4. The summed E-state index contributed by atoms with van der Waals surface area (Å²) in [6.07, 6.45) is 8.78. The average molecular weight is 496 g/mol. The van der Waals surface area contributed by atoms with Crippen molar-refractivity contribution in [2.24, 2.45) is 58.2 Å². The van der Waals surface area contributed by atoms with E-state index in [4.69, 9.17) is 4.74 Å². The van der Waals surface area contributed by atoms with Crippen LogP contribution in [0.2, 0.25) is 0 Å². The molecule has 0 heterocycles. The standard InChI is InChI=1S/C27H43BrO3/c1-15-11-12-26(4)20-14-17(3)27(5)18(16(2)7-10-22(29)31-6)8-9-19(27)23(20)25(30)24(28)21(26)13-15/h15-21,23-24H,7-14H2,1-6H3/t15-,16-,17+,18-,19+,20+,21+,23+,24-,26-,27-/m1/s1. The van der Waals surface area contributed by atoms with E-state index >= 15 is 0 Å². The van der Waals surface area contributed by atoms with Crippen molar-refractivity contribution < 1.29 is 14.3 Å². The highest BCUT2D eigenvalue weighted by atomic mass is 79.9. The van der Waals surface area contributed by atoms with Crippen LogP contribution in [0.4, 0.5) is 0 Å². The lowest BCUT2D eigenvalue weighted by atomic mass is 9.41. The van der Waals surface area contributed by atoms with Crippen LogP contribution < -0.4 is 0 Å². The topological polar surface area (TPSA) is 43.4 Å². The second kappa shape index (κ2) is 8.44. The first-order valence-electron chi connectivity index (χ1n) is 12.8. The third kappa shape index (κ3) is 3.56. The zero-order valence-corrected chi connectivity index (χ0v) is 22.0. The van der Waals surface area contributed by atoms with Gasteiger partial charge in [0.15, 0.2) is 0 Å². The molecule has 4 rings (SSSR count). The van der Waals surface area contributed by atoms with Gasteiger partial charge in [-0.15, -0.1) is 0 Å². The Hall–Kier alpha value is -0.380. The van der Waals surface area contributed by atoms with Crippen molar-refractivity contribution in [1.82, 2.24) is 0 Å². The smallest absolute Gasteiger partial charge is 0.305 e. The van der Waals surface area contributed by atoms with E-state index in [1.807, 2.05) is 0 Å². The van der Waals surface area contributed by atoms with Gasteiger partial charge in [-0.3, -0.25) is 9.59 Å². The number of methoxy groups -OCH3 is 1. The zero-order chi connectivity index (χ0) is 22.7. The van der Waals surface area contributed by atoms with E-state index in [2.05, 4.69) is 50.5 Å². The Bertz CT molecular complexity index is 721. The lowest BCUT2D eigenvalue weighted by Crippen LogP contribution is -2.62. The third-order valence-corrected chi connectivity index (χ3v) is 12.2. The zero-order valence-electron chi connectivity index (χ0n) is 20.5. The van der Waals surface area contributed by atoms with Crippen LogP contribution in [0.1, 0.15) is 86.0 Å². The Morgan fingerprint density at radius 1 is 1.13 bits per heavy atom. The Balaban J connectivity index is 1.62. The van der Waals surface area contributed by atoms with Crippen LogP contribution in [-0.4, -0.2) is 23.7 Å². The minimum absolute atomic E-state index is 0.0370. The second-order valence-electron chi connectivity index (χ2n) is 12.3. The summed E-state index contributed by atoms with van der Waals surface area (Å²) in [4.78, 5) is 25.7. The fourth-order valence-electron chi connectivity index (χ4n) is 9.10. The van der Waals surface area contributed by atoms with Gasteiger partial charge in [-0.25, -0.2) is 0 Å². The summed E-state index contributed by atoms with van der Waals surface area (Å²) in [5.74, 6) is 4.63. The summed E-state index contributed by atoms with van der Waals surface area (Å²) < 4.78 is 4.89. The van der Waals surface area contributed by atoms with E-state index in [1.165, 1.54) is 45.6 Å². The number of fused-ring (bicyclic) bond motifs is 5. The molecule has 176 valence electrons. The molecule has 0 aromatic carbocycles. The molecule has 0 spiro atoms. The van der Waals surface area contributed by atoms with Gasteiger partial charge >= 0.3 is 5.97 Å². The Morgan fingerprint density at radius 3 is 2.52 bits per heavy atom. The molecule has 4 saturated carbocycles. The number of esters is 1. The number of carbonyl (C=O) groups excluding carboxylic acids is 2. The number of carbonyl (C=O) groups is 2. The van der Waals surface area contributed by atoms with Gasteiger partial charge in [-0.2, -0.15) is 0 Å². The number of ketones is 1. The van der Waals surface area contributed by atoms with Gasteiger partial charge in [0.05, 0.1) is 11.9 Å². The Morgan fingerprint density at radius 2 is 1.84 bits per heavy atom. The summed E-state index contributed by atoms with van der Waals surface area (Å²) in [7, 11) is 1.48. The van der Waals surface area contributed by atoms with Crippen LogP contribution in [-0.2, 0) is 14.3 Å². The molecule has 0 radical (unpaired) electrons. The van der Waals surface area contributed by atoms with Crippen molar-refractivity contribution in [3.63, 3.8) is 0 Å². The van der Waals surface area contributed by atoms with Crippen LogP contribution in [0.3, 0.4) is 0 Å². The molecule has 31 heavy (non-hydrogen) atoms. The van der Waals surface area contributed by atoms with Crippen molar-refractivity contribution in [3.8, 4) is 0 Å². The molecule has 0 N–H and O–H groups in total. The van der Waals surface area contributed by atoms with Gasteiger partial charge < -0.3 is 4.74 Å². The lowest BCUT2D eigenvalue weighted by molar-refractivity contribution is -0.164. The van der Waals surface area contributed by atoms with Crippen LogP contribution >= 0.6 is 15.9 Å². The second-order valence-corrected chi connectivity index (χ2v) is 13.3.